The molecule has 0 radical (unpaired) electrons. The molecule has 8 nitrogen and oxygen atoms in total. The van der Waals surface area contributed by atoms with Crippen molar-refractivity contribution in [3.8, 4) is 6.07 Å². The summed E-state index contributed by atoms with van der Waals surface area (Å²) < 4.78 is 4.44. The number of aliphatic carboxylic acids is 1. The summed E-state index contributed by atoms with van der Waals surface area (Å²) in [4.78, 5) is 35.7. The maximum atomic E-state index is 12.1. The van der Waals surface area contributed by atoms with Gasteiger partial charge in [-0.3, -0.25) is 4.79 Å². The van der Waals surface area contributed by atoms with Gasteiger partial charge in [-0.1, -0.05) is 0 Å². The van der Waals surface area contributed by atoms with Crippen molar-refractivity contribution in [1.82, 2.24) is 10.2 Å². The van der Waals surface area contributed by atoms with E-state index in [9.17, 15) is 14.4 Å². The molecule has 116 valence electrons. The van der Waals surface area contributed by atoms with Gasteiger partial charge in [0.25, 0.3) is 0 Å². The van der Waals surface area contributed by atoms with Crippen LogP contribution in [0.5, 0.6) is 0 Å². The molecule has 1 atom stereocenters. The smallest absolute Gasteiger partial charge is 0.326 e. The van der Waals surface area contributed by atoms with Gasteiger partial charge in [-0.25, -0.2) is 9.59 Å². The molecule has 1 aliphatic rings. The lowest BCUT2D eigenvalue weighted by Gasteiger charge is -2.24. The number of esters is 1. The Bertz CT molecular complexity index is 442. The van der Waals surface area contributed by atoms with E-state index in [2.05, 4.69) is 10.1 Å². The van der Waals surface area contributed by atoms with Crippen molar-refractivity contribution >= 4 is 18.0 Å². The summed E-state index contributed by atoms with van der Waals surface area (Å²) in [6, 6.07) is 0.375. The maximum Gasteiger partial charge on any atom is 0.326 e. The fourth-order valence-electron chi connectivity index (χ4n) is 1.86. The first-order chi connectivity index (χ1) is 9.99. The average molecular weight is 297 g/mol. The highest BCUT2D eigenvalue weighted by Crippen LogP contribution is 2.27. The van der Waals surface area contributed by atoms with Gasteiger partial charge in [0.05, 0.1) is 19.6 Å². The summed E-state index contributed by atoms with van der Waals surface area (Å²) in [5, 5.41) is 20.1. The van der Waals surface area contributed by atoms with Crippen LogP contribution < -0.4 is 5.32 Å². The zero-order chi connectivity index (χ0) is 15.8. The fraction of sp³-hybridized carbons (Fsp3) is 0.692. The number of hydrogen-bond donors (Lipinski definition) is 2. The first kappa shape index (κ1) is 16.8. The van der Waals surface area contributed by atoms with Gasteiger partial charge in [-0.15, -0.1) is 0 Å². The Kier molecular flexibility index (Phi) is 6.46. The van der Waals surface area contributed by atoms with Crippen molar-refractivity contribution in [2.45, 2.75) is 44.2 Å². The number of amides is 2. The van der Waals surface area contributed by atoms with E-state index in [-0.39, 0.29) is 31.8 Å². The Hall–Kier alpha value is -2.30. The van der Waals surface area contributed by atoms with Crippen LogP contribution >= 0.6 is 0 Å². The molecule has 1 saturated carbocycles. The summed E-state index contributed by atoms with van der Waals surface area (Å²) in [6.45, 7) is 0.274. The molecule has 8 heteroatoms. The van der Waals surface area contributed by atoms with Crippen LogP contribution in [0.4, 0.5) is 4.79 Å². The SMILES string of the molecule is COC(=O)CC[C@@H](NC(=O)N(CCC#N)C1CC1)C(=O)O. The Labute approximate surface area is 122 Å². The molecule has 0 aromatic rings. The normalized spacial score (nSPS) is 14.7. The highest BCUT2D eigenvalue weighted by molar-refractivity contribution is 5.83. The predicted octanol–water partition coefficient (Wildman–Crippen LogP) is 0.480. The molecular weight excluding hydrogens is 278 g/mol. The molecule has 0 unspecified atom stereocenters. The highest BCUT2D eigenvalue weighted by Gasteiger charge is 2.34. The first-order valence-electron chi connectivity index (χ1n) is 6.73. The van der Waals surface area contributed by atoms with Gasteiger partial charge in [0.2, 0.25) is 0 Å². The van der Waals surface area contributed by atoms with Gasteiger partial charge in [0, 0.05) is 19.0 Å². The Morgan fingerprint density at radius 3 is 2.62 bits per heavy atom. The molecule has 0 aromatic carbocycles. The number of ether oxygens (including phenoxy) is 1. The highest BCUT2D eigenvalue weighted by atomic mass is 16.5. The molecule has 0 saturated heterocycles. The number of urea groups is 1. The molecule has 0 aliphatic heterocycles. The molecular formula is C13H19N3O5. The third-order valence-electron chi connectivity index (χ3n) is 3.17. The van der Waals surface area contributed by atoms with E-state index in [0.717, 1.165) is 12.8 Å². The molecule has 0 aromatic heterocycles. The first-order valence-corrected chi connectivity index (χ1v) is 6.73. The molecule has 2 amide bonds. The zero-order valence-corrected chi connectivity index (χ0v) is 11.9. The number of carboxylic acid groups (broad SMARTS) is 1. The Balaban J connectivity index is 2.55. The van der Waals surface area contributed by atoms with Crippen LogP contribution in [0.3, 0.4) is 0 Å². The molecule has 0 spiro atoms. The van der Waals surface area contributed by atoms with Crippen molar-refractivity contribution in [1.29, 1.82) is 5.26 Å². The second kappa shape index (κ2) is 8.09. The monoisotopic (exact) mass is 297 g/mol. The number of nitriles is 1. The van der Waals surface area contributed by atoms with Crippen molar-refractivity contribution in [2.75, 3.05) is 13.7 Å². The predicted molar refractivity (Wildman–Crippen MR) is 71.2 cm³/mol. The minimum Gasteiger partial charge on any atom is -0.480 e. The lowest BCUT2D eigenvalue weighted by atomic mass is 10.1. The van der Waals surface area contributed by atoms with Crippen molar-refractivity contribution in [3.05, 3.63) is 0 Å². The summed E-state index contributed by atoms with van der Waals surface area (Å²) in [6.07, 6.45) is 1.79. The van der Waals surface area contributed by atoms with E-state index in [1.54, 1.807) is 0 Å². The molecule has 2 N–H and O–H groups in total. The topological polar surface area (TPSA) is 120 Å². The molecule has 21 heavy (non-hydrogen) atoms. The molecule has 0 heterocycles. The second-order valence-electron chi connectivity index (χ2n) is 4.79. The number of methoxy groups -OCH3 is 1. The maximum absolute atomic E-state index is 12.1. The van der Waals surface area contributed by atoms with Crippen molar-refractivity contribution in [3.63, 3.8) is 0 Å². The minimum absolute atomic E-state index is 0.0372. The number of carboxylic acids is 1. The van der Waals surface area contributed by atoms with E-state index < -0.39 is 24.0 Å². The average Bonchev–Trinajstić information content (AvgIpc) is 3.27. The van der Waals surface area contributed by atoms with E-state index in [4.69, 9.17) is 10.4 Å². The number of nitrogens with one attached hydrogen (secondary N) is 1. The van der Waals surface area contributed by atoms with Crippen molar-refractivity contribution < 1.29 is 24.2 Å². The minimum atomic E-state index is -1.21. The number of hydrogen-bond acceptors (Lipinski definition) is 5. The number of nitrogens with zero attached hydrogens (tertiary/aromatic N) is 2. The van der Waals surface area contributed by atoms with Crippen LogP contribution in [-0.4, -0.2) is 53.7 Å². The number of carbonyl (C=O) groups excluding carboxylic acids is 2. The quantitative estimate of drug-likeness (QED) is 0.629. The summed E-state index contributed by atoms with van der Waals surface area (Å²) >= 11 is 0. The van der Waals surface area contributed by atoms with Gasteiger partial charge >= 0.3 is 18.0 Å². The van der Waals surface area contributed by atoms with E-state index in [0.29, 0.717) is 0 Å². The van der Waals surface area contributed by atoms with Crippen LogP contribution in [0, 0.1) is 11.3 Å². The van der Waals surface area contributed by atoms with Crippen molar-refractivity contribution in [2.24, 2.45) is 0 Å². The van der Waals surface area contributed by atoms with Crippen LogP contribution in [0.2, 0.25) is 0 Å². The number of carbonyl (C=O) groups is 3. The van der Waals surface area contributed by atoms with E-state index in [1.165, 1.54) is 12.0 Å². The number of rotatable bonds is 8. The van der Waals surface area contributed by atoms with Gasteiger partial charge in [-0.05, 0) is 19.3 Å². The lowest BCUT2D eigenvalue weighted by molar-refractivity contribution is -0.142. The standard InChI is InChI=1S/C13H19N3O5/c1-21-11(17)6-5-10(12(18)19)15-13(20)16(8-2-7-14)9-3-4-9/h9-10H,2-6,8H2,1H3,(H,15,20)(H,18,19)/t10-/m1/s1. The molecule has 1 fully saturated rings. The molecule has 1 rings (SSSR count). The van der Waals surface area contributed by atoms with Crippen LogP contribution in [0.15, 0.2) is 0 Å². The summed E-state index contributed by atoms with van der Waals surface area (Å²) in [5.74, 6) is -1.73. The Morgan fingerprint density at radius 2 is 2.14 bits per heavy atom. The van der Waals surface area contributed by atoms with Gasteiger partial charge < -0.3 is 20.1 Å². The Morgan fingerprint density at radius 1 is 1.48 bits per heavy atom. The zero-order valence-electron chi connectivity index (χ0n) is 11.9. The molecule has 1 aliphatic carbocycles. The fourth-order valence-corrected chi connectivity index (χ4v) is 1.86. The van der Waals surface area contributed by atoms with Gasteiger partial charge in [0.1, 0.15) is 6.04 Å². The van der Waals surface area contributed by atoms with Crippen LogP contribution in [-0.2, 0) is 14.3 Å². The third-order valence-corrected chi connectivity index (χ3v) is 3.17. The van der Waals surface area contributed by atoms with E-state index in [1.807, 2.05) is 6.07 Å². The van der Waals surface area contributed by atoms with Crippen LogP contribution in [0.25, 0.3) is 0 Å². The van der Waals surface area contributed by atoms with Gasteiger partial charge in [-0.2, -0.15) is 5.26 Å². The third kappa shape index (κ3) is 5.69. The summed E-state index contributed by atoms with van der Waals surface area (Å²) in [5.41, 5.74) is 0. The summed E-state index contributed by atoms with van der Waals surface area (Å²) in [7, 11) is 1.22. The second-order valence-corrected chi connectivity index (χ2v) is 4.79. The van der Waals surface area contributed by atoms with Crippen LogP contribution in [0.1, 0.15) is 32.1 Å². The van der Waals surface area contributed by atoms with E-state index >= 15 is 0 Å². The largest absolute Gasteiger partial charge is 0.480 e. The van der Waals surface area contributed by atoms with Gasteiger partial charge in [0.15, 0.2) is 0 Å². The lowest BCUT2D eigenvalue weighted by Crippen LogP contribution is -2.49. The molecule has 0 bridgehead atoms.